The van der Waals surface area contributed by atoms with Gasteiger partial charge in [0.05, 0.1) is 26.7 Å². The van der Waals surface area contributed by atoms with Crippen LogP contribution in [0.15, 0.2) is 60.7 Å². The first-order valence-corrected chi connectivity index (χ1v) is 11.6. The summed E-state index contributed by atoms with van der Waals surface area (Å²) in [5.74, 6) is -2.53. The Hall–Kier alpha value is -3.91. The van der Waals surface area contributed by atoms with E-state index in [0.717, 1.165) is 36.4 Å². The van der Waals surface area contributed by atoms with Gasteiger partial charge in [0.25, 0.3) is 0 Å². The van der Waals surface area contributed by atoms with Crippen LogP contribution in [0.5, 0.6) is 23.3 Å². The SMILES string of the molecule is Nc1c(Oc2ccc(Cl)c(C(F)(F)F)c2)nc(-c2ccc(C(F)(F)F)cc2)nc1Oc1ccc(Cl)c(C(F)(F)F)c1. The highest BCUT2D eigenvalue weighted by atomic mass is 35.5. The molecule has 4 aromatic rings. The van der Waals surface area contributed by atoms with Crippen LogP contribution in [0.2, 0.25) is 10.0 Å². The lowest BCUT2D eigenvalue weighted by Gasteiger charge is -2.16. The van der Waals surface area contributed by atoms with E-state index in [1.807, 2.05) is 0 Å². The van der Waals surface area contributed by atoms with Crippen LogP contribution >= 0.6 is 23.2 Å². The number of nitrogens with zero attached hydrogens (tertiary/aromatic N) is 2. The molecule has 0 aliphatic rings. The maximum absolute atomic E-state index is 13.3. The third-order valence-corrected chi connectivity index (χ3v) is 5.92. The fraction of sp³-hybridized carbons (Fsp3) is 0.120. The zero-order valence-electron chi connectivity index (χ0n) is 19.7. The molecule has 5 nitrogen and oxygen atoms in total. The lowest BCUT2D eigenvalue weighted by Crippen LogP contribution is -2.08. The molecule has 4 rings (SSSR count). The van der Waals surface area contributed by atoms with Gasteiger partial charge in [0.2, 0.25) is 11.8 Å². The molecule has 2 N–H and O–H groups in total. The number of hydrogen-bond donors (Lipinski definition) is 1. The number of aromatic nitrogens is 2. The molecule has 0 fully saturated rings. The third-order valence-electron chi connectivity index (χ3n) is 5.26. The number of alkyl halides is 9. The van der Waals surface area contributed by atoms with E-state index in [4.69, 9.17) is 38.4 Å². The summed E-state index contributed by atoms with van der Waals surface area (Å²) < 4.78 is 130. The molecule has 16 heteroatoms. The summed E-state index contributed by atoms with van der Waals surface area (Å²) in [6, 6.07) is 8.33. The van der Waals surface area contributed by atoms with Gasteiger partial charge >= 0.3 is 18.5 Å². The second-order valence-electron chi connectivity index (χ2n) is 8.13. The molecule has 0 spiro atoms. The molecule has 0 radical (unpaired) electrons. The van der Waals surface area contributed by atoms with Gasteiger partial charge in [-0.15, -0.1) is 0 Å². The zero-order chi connectivity index (χ0) is 30.3. The Morgan fingerprint density at radius 2 is 1.00 bits per heavy atom. The maximum atomic E-state index is 13.3. The first-order valence-electron chi connectivity index (χ1n) is 10.9. The average Bonchev–Trinajstić information content (AvgIpc) is 2.86. The van der Waals surface area contributed by atoms with E-state index in [9.17, 15) is 39.5 Å². The van der Waals surface area contributed by atoms with Crippen molar-refractivity contribution in [3.05, 3.63) is 87.4 Å². The number of nitrogens with two attached hydrogens (primary N) is 1. The first-order chi connectivity index (χ1) is 18.9. The summed E-state index contributed by atoms with van der Waals surface area (Å²) >= 11 is 11.2. The predicted molar refractivity (Wildman–Crippen MR) is 130 cm³/mol. The van der Waals surface area contributed by atoms with Crippen LogP contribution in [0.4, 0.5) is 45.2 Å². The summed E-state index contributed by atoms with van der Waals surface area (Å²) in [6.07, 6.45) is -14.4. The Balaban J connectivity index is 1.82. The zero-order valence-corrected chi connectivity index (χ0v) is 21.2. The molecule has 1 heterocycles. The smallest absolute Gasteiger partial charge is 0.417 e. The second kappa shape index (κ2) is 10.8. The summed E-state index contributed by atoms with van der Waals surface area (Å²) in [5, 5.41) is -1.28. The van der Waals surface area contributed by atoms with Crippen LogP contribution in [-0.2, 0) is 18.5 Å². The Morgan fingerprint density at radius 3 is 1.37 bits per heavy atom. The van der Waals surface area contributed by atoms with Gasteiger partial charge in [0, 0.05) is 5.56 Å². The number of halogens is 11. The van der Waals surface area contributed by atoms with Crippen molar-refractivity contribution in [1.82, 2.24) is 9.97 Å². The van der Waals surface area contributed by atoms with Crippen LogP contribution in [0, 0.1) is 0 Å². The third kappa shape index (κ3) is 6.88. The lowest BCUT2D eigenvalue weighted by atomic mass is 10.1. The summed E-state index contributed by atoms with van der Waals surface area (Å²) in [6.45, 7) is 0. The molecule has 0 atom stereocenters. The minimum atomic E-state index is -4.86. The standard InChI is InChI=1S/C25H12Cl2F9N3O2/c26-17-7-5-13(9-15(17)24(31,32)33)40-21-19(37)22(41-14-6-8-18(27)16(10-14)25(34,35)36)39-20(38-21)11-1-3-12(4-2-11)23(28,29)30/h1-10H,37H2. The average molecular weight is 628 g/mol. The van der Waals surface area contributed by atoms with Gasteiger partial charge in [0.1, 0.15) is 11.5 Å². The molecule has 1 aromatic heterocycles. The topological polar surface area (TPSA) is 70.3 Å². The van der Waals surface area contributed by atoms with Crippen molar-refractivity contribution in [3.63, 3.8) is 0 Å². The number of benzene rings is 3. The molecule has 0 unspecified atom stereocenters. The van der Waals surface area contributed by atoms with E-state index < -0.39 is 74.2 Å². The van der Waals surface area contributed by atoms with Gasteiger partial charge in [-0.3, -0.25) is 0 Å². The molecule has 0 aliphatic carbocycles. The van der Waals surface area contributed by atoms with Crippen molar-refractivity contribution < 1.29 is 49.0 Å². The molecule has 41 heavy (non-hydrogen) atoms. The van der Waals surface area contributed by atoms with E-state index in [1.54, 1.807) is 0 Å². The summed E-state index contributed by atoms with van der Waals surface area (Å²) in [4.78, 5) is 7.96. The van der Waals surface area contributed by atoms with E-state index in [0.29, 0.717) is 24.3 Å². The molecule has 3 aromatic carbocycles. The van der Waals surface area contributed by atoms with Crippen LogP contribution in [0.25, 0.3) is 11.4 Å². The van der Waals surface area contributed by atoms with Crippen LogP contribution in [-0.4, -0.2) is 9.97 Å². The number of anilines is 1. The molecule has 0 saturated heterocycles. The second-order valence-corrected chi connectivity index (χ2v) is 8.94. The summed E-state index contributed by atoms with van der Waals surface area (Å²) in [7, 11) is 0. The van der Waals surface area contributed by atoms with E-state index in [-0.39, 0.29) is 11.4 Å². The minimum absolute atomic E-state index is 0.0492. The normalized spacial score (nSPS) is 12.4. The van der Waals surface area contributed by atoms with Crippen molar-refractivity contribution in [2.24, 2.45) is 0 Å². The molecular formula is C25H12Cl2F9N3O2. The minimum Gasteiger partial charge on any atom is -0.437 e. The number of rotatable bonds is 5. The Bertz CT molecular complexity index is 1500. The quantitative estimate of drug-likeness (QED) is 0.223. The number of nitrogen functional groups attached to an aromatic ring is 1. The van der Waals surface area contributed by atoms with E-state index in [2.05, 4.69) is 9.97 Å². The van der Waals surface area contributed by atoms with Gasteiger partial charge in [-0.05, 0) is 48.5 Å². The van der Waals surface area contributed by atoms with Gasteiger partial charge < -0.3 is 15.2 Å². The molecule has 0 amide bonds. The highest BCUT2D eigenvalue weighted by molar-refractivity contribution is 6.31. The fourth-order valence-electron chi connectivity index (χ4n) is 3.32. The summed E-state index contributed by atoms with van der Waals surface area (Å²) in [5.41, 5.74) is 1.86. The van der Waals surface area contributed by atoms with Crippen molar-refractivity contribution in [3.8, 4) is 34.6 Å². The highest BCUT2D eigenvalue weighted by Crippen LogP contribution is 2.42. The van der Waals surface area contributed by atoms with Crippen molar-refractivity contribution in [2.75, 3.05) is 5.73 Å². The van der Waals surface area contributed by atoms with Crippen molar-refractivity contribution in [2.45, 2.75) is 18.5 Å². The van der Waals surface area contributed by atoms with E-state index in [1.165, 1.54) is 0 Å². The lowest BCUT2D eigenvalue weighted by molar-refractivity contribution is -0.138. The van der Waals surface area contributed by atoms with Gasteiger partial charge in [-0.1, -0.05) is 35.3 Å². The van der Waals surface area contributed by atoms with Gasteiger partial charge in [0.15, 0.2) is 11.5 Å². The van der Waals surface area contributed by atoms with E-state index >= 15 is 0 Å². The Labute approximate surface area is 234 Å². The molecule has 216 valence electrons. The van der Waals surface area contributed by atoms with Crippen molar-refractivity contribution in [1.29, 1.82) is 0 Å². The van der Waals surface area contributed by atoms with Gasteiger partial charge in [-0.25, -0.2) is 0 Å². The number of ether oxygens (including phenoxy) is 2. The monoisotopic (exact) mass is 627 g/mol. The maximum Gasteiger partial charge on any atom is 0.417 e. The highest BCUT2D eigenvalue weighted by Gasteiger charge is 2.35. The van der Waals surface area contributed by atoms with Crippen LogP contribution < -0.4 is 15.2 Å². The van der Waals surface area contributed by atoms with Gasteiger partial charge in [-0.2, -0.15) is 49.5 Å². The van der Waals surface area contributed by atoms with Crippen molar-refractivity contribution >= 4 is 28.9 Å². The predicted octanol–water partition coefficient (Wildman–Crippen LogP) is 9.67. The molecule has 0 bridgehead atoms. The Kier molecular flexibility index (Phi) is 7.93. The Morgan fingerprint density at radius 1 is 0.585 bits per heavy atom. The molecular weight excluding hydrogens is 616 g/mol. The fourth-order valence-corrected chi connectivity index (χ4v) is 3.77. The molecule has 0 saturated carbocycles. The van der Waals surface area contributed by atoms with Crippen LogP contribution in [0.1, 0.15) is 16.7 Å². The molecule has 0 aliphatic heterocycles. The van der Waals surface area contributed by atoms with Crippen LogP contribution in [0.3, 0.4) is 0 Å². The first kappa shape index (κ1) is 30.1. The number of hydrogen-bond acceptors (Lipinski definition) is 5. The largest absolute Gasteiger partial charge is 0.437 e.